The van der Waals surface area contributed by atoms with Crippen molar-refractivity contribution in [2.24, 2.45) is 5.92 Å². The Morgan fingerprint density at radius 1 is 1.25 bits per heavy atom. The molecule has 2 aromatic heterocycles. The zero-order chi connectivity index (χ0) is 14.1. The fourth-order valence-electron chi connectivity index (χ4n) is 2.44. The standard InChI is InChI=1S/C15H18N4O/c1-10-8-19(9-10)15-4-14(16)13(7-18-15)11-3-12(20-2)6-17-5-11/h3-7,10H,8-9H2,1-2H3,(H2,16,18). The number of pyridine rings is 2. The van der Waals surface area contributed by atoms with E-state index >= 15 is 0 Å². The topological polar surface area (TPSA) is 64.3 Å². The zero-order valence-corrected chi connectivity index (χ0v) is 11.7. The first kappa shape index (κ1) is 12.7. The van der Waals surface area contributed by atoms with Crippen molar-refractivity contribution in [1.82, 2.24) is 9.97 Å². The molecule has 0 amide bonds. The van der Waals surface area contributed by atoms with Crippen molar-refractivity contribution in [3.8, 4) is 16.9 Å². The molecule has 0 aliphatic carbocycles. The van der Waals surface area contributed by atoms with E-state index in [1.165, 1.54) is 0 Å². The molecule has 104 valence electrons. The van der Waals surface area contributed by atoms with Crippen LogP contribution in [0, 0.1) is 5.92 Å². The van der Waals surface area contributed by atoms with Crippen molar-refractivity contribution < 1.29 is 4.74 Å². The van der Waals surface area contributed by atoms with Gasteiger partial charge in [0, 0.05) is 48.4 Å². The van der Waals surface area contributed by atoms with Crippen LogP contribution in [0.1, 0.15) is 6.92 Å². The molecule has 2 N–H and O–H groups in total. The van der Waals surface area contributed by atoms with Gasteiger partial charge in [-0.25, -0.2) is 4.98 Å². The lowest BCUT2D eigenvalue weighted by atomic mass is 10.0. The summed E-state index contributed by atoms with van der Waals surface area (Å²) in [6, 6.07) is 3.84. The summed E-state index contributed by atoms with van der Waals surface area (Å²) in [5.74, 6) is 2.39. The van der Waals surface area contributed by atoms with Gasteiger partial charge in [-0.15, -0.1) is 0 Å². The second-order valence-corrected chi connectivity index (χ2v) is 5.25. The molecule has 0 aromatic carbocycles. The molecular weight excluding hydrogens is 252 g/mol. The summed E-state index contributed by atoms with van der Waals surface area (Å²) in [5, 5.41) is 0. The van der Waals surface area contributed by atoms with E-state index in [4.69, 9.17) is 10.5 Å². The van der Waals surface area contributed by atoms with Gasteiger partial charge in [-0.3, -0.25) is 4.98 Å². The van der Waals surface area contributed by atoms with Crippen LogP contribution in [0.2, 0.25) is 0 Å². The van der Waals surface area contributed by atoms with Crippen LogP contribution in [-0.4, -0.2) is 30.2 Å². The lowest BCUT2D eigenvalue weighted by molar-refractivity contribution is 0.413. The van der Waals surface area contributed by atoms with Gasteiger partial charge in [0.2, 0.25) is 0 Å². The maximum absolute atomic E-state index is 6.16. The first-order valence-electron chi connectivity index (χ1n) is 6.67. The molecule has 0 radical (unpaired) electrons. The van der Waals surface area contributed by atoms with Crippen molar-refractivity contribution in [3.63, 3.8) is 0 Å². The molecule has 3 heterocycles. The molecular formula is C15H18N4O. The van der Waals surface area contributed by atoms with Crippen LogP contribution in [0.5, 0.6) is 5.75 Å². The van der Waals surface area contributed by atoms with Gasteiger partial charge in [-0.1, -0.05) is 6.92 Å². The monoisotopic (exact) mass is 270 g/mol. The second-order valence-electron chi connectivity index (χ2n) is 5.25. The maximum atomic E-state index is 6.16. The third kappa shape index (κ3) is 2.27. The fourth-order valence-corrected chi connectivity index (χ4v) is 2.44. The Bertz CT molecular complexity index is 623. The number of hydrogen-bond donors (Lipinski definition) is 1. The number of rotatable bonds is 3. The molecule has 1 fully saturated rings. The summed E-state index contributed by atoms with van der Waals surface area (Å²) in [5.41, 5.74) is 8.67. The van der Waals surface area contributed by atoms with E-state index < -0.39 is 0 Å². The first-order chi connectivity index (χ1) is 9.67. The smallest absolute Gasteiger partial charge is 0.137 e. The SMILES string of the molecule is COc1cncc(-c2cnc(N3CC(C)C3)cc2N)c1. The third-order valence-electron chi connectivity index (χ3n) is 3.57. The van der Waals surface area contributed by atoms with Crippen molar-refractivity contribution in [2.75, 3.05) is 30.8 Å². The van der Waals surface area contributed by atoms with E-state index in [2.05, 4.69) is 21.8 Å². The Kier molecular flexibility index (Phi) is 3.18. The Labute approximate surface area is 118 Å². The maximum Gasteiger partial charge on any atom is 0.137 e. The van der Waals surface area contributed by atoms with Crippen LogP contribution in [0.15, 0.2) is 30.7 Å². The van der Waals surface area contributed by atoms with Gasteiger partial charge >= 0.3 is 0 Å². The molecule has 1 aliphatic rings. The molecule has 0 atom stereocenters. The normalized spacial score (nSPS) is 15.0. The Balaban J connectivity index is 1.90. The predicted molar refractivity (Wildman–Crippen MR) is 79.8 cm³/mol. The number of methoxy groups -OCH3 is 1. The van der Waals surface area contributed by atoms with Crippen LogP contribution in [0.3, 0.4) is 0 Å². The number of ether oxygens (including phenoxy) is 1. The van der Waals surface area contributed by atoms with Gasteiger partial charge in [0.05, 0.1) is 13.3 Å². The fraction of sp³-hybridized carbons (Fsp3) is 0.333. The number of nitrogen functional groups attached to an aromatic ring is 1. The highest BCUT2D eigenvalue weighted by atomic mass is 16.5. The third-order valence-corrected chi connectivity index (χ3v) is 3.57. The minimum Gasteiger partial charge on any atom is -0.495 e. The number of hydrogen-bond acceptors (Lipinski definition) is 5. The number of nitrogens with two attached hydrogens (primary N) is 1. The van der Waals surface area contributed by atoms with E-state index in [1.807, 2.05) is 18.3 Å². The lowest BCUT2D eigenvalue weighted by Crippen LogP contribution is -2.45. The molecule has 0 unspecified atom stereocenters. The minimum absolute atomic E-state index is 0.711. The van der Waals surface area contributed by atoms with Crippen molar-refractivity contribution in [3.05, 3.63) is 30.7 Å². The van der Waals surface area contributed by atoms with E-state index in [-0.39, 0.29) is 0 Å². The summed E-state index contributed by atoms with van der Waals surface area (Å²) in [6.07, 6.45) is 5.24. The van der Waals surface area contributed by atoms with Gasteiger partial charge < -0.3 is 15.4 Å². The van der Waals surface area contributed by atoms with Crippen LogP contribution >= 0.6 is 0 Å². The number of anilines is 2. The first-order valence-corrected chi connectivity index (χ1v) is 6.67. The predicted octanol–water partition coefficient (Wildman–Crippen LogP) is 2.19. The van der Waals surface area contributed by atoms with E-state index in [0.717, 1.165) is 36.0 Å². The van der Waals surface area contributed by atoms with Gasteiger partial charge in [0.25, 0.3) is 0 Å². The van der Waals surface area contributed by atoms with Crippen LogP contribution in [0.4, 0.5) is 11.5 Å². The average molecular weight is 270 g/mol. The Hall–Kier alpha value is -2.30. The van der Waals surface area contributed by atoms with Crippen LogP contribution in [-0.2, 0) is 0 Å². The van der Waals surface area contributed by atoms with Crippen molar-refractivity contribution >= 4 is 11.5 Å². The van der Waals surface area contributed by atoms with Gasteiger partial charge in [0.1, 0.15) is 11.6 Å². The summed E-state index contributed by atoms with van der Waals surface area (Å²) in [4.78, 5) is 10.9. The van der Waals surface area contributed by atoms with Crippen molar-refractivity contribution in [2.45, 2.75) is 6.92 Å². The largest absolute Gasteiger partial charge is 0.495 e. The molecule has 5 nitrogen and oxygen atoms in total. The molecule has 0 bridgehead atoms. The molecule has 0 saturated carbocycles. The summed E-state index contributed by atoms with van der Waals surface area (Å²) in [6.45, 7) is 4.33. The molecule has 3 rings (SSSR count). The van der Waals surface area contributed by atoms with E-state index in [0.29, 0.717) is 11.4 Å². The van der Waals surface area contributed by atoms with Gasteiger partial charge in [-0.05, 0) is 12.0 Å². The summed E-state index contributed by atoms with van der Waals surface area (Å²) < 4.78 is 5.18. The Morgan fingerprint density at radius 3 is 2.70 bits per heavy atom. The van der Waals surface area contributed by atoms with E-state index in [9.17, 15) is 0 Å². The van der Waals surface area contributed by atoms with E-state index in [1.54, 1.807) is 19.5 Å². The molecule has 0 spiro atoms. The van der Waals surface area contributed by atoms with Gasteiger partial charge in [-0.2, -0.15) is 0 Å². The number of aromatic nitrogens is 2. The minimum atomic E-state index is 0.711. The zero-order valence-electron chi connectivity index (χ0n) is 11.7. The summed E-state index contributed by atoms with van der Waals surface area (Å²) >= 11 is 0. The highest BCUT2D eigenvalue weighted by Gasteiger charge is 2.24. The molecule has 5 heteroatoms. The highest BCUT2D eigenvalue weighted by Crippen LogP contribution is 2.31. The Morgan fingerprint density at radius 2 is 2.05 bits per heavy atom. The highest BCUT2D eigenvalue weighted by molar-refractivity contribution is 5.77. The van der Waals surface area contributed by atoms with Gasteiger partial charge in [0.15, 0.2) is 0 Å². The molecule has 1 saturated heterocycles. The van der Waals surface area contributed by atoms with Crippen molar-refractivity contribution in [1.29, 1.82) is 0 Å². The molecule has 20 heavy (non-hydrogen) atoms. The van der Waals surface area contributed by atoms with Crippen LogP contribution in [0.25, 0.3) is 11.1 Å². The average Bonchev–Trinajstić information content (AvgIpc) is 2.44. The molecule has 2 aromatic rings. The summed E-state index contributed by atoms with van der Waals surface area (Å²) in [7, 11) is 1.62. The van der Waals surface area contributed by atoms with Crippen LogP contribution < -0.4 is 15.4 Å². The molecule has 1 aliphatic heterocycles. The second kappa shape index (κ2) is 5.00. The lowest BCUT2D eigenvalue weighted by Gasteiger charge is -2.38. The quantitative estimate of drug-likeness (QED) is 0.926. The number of nitrogens with zero attached hydrogens (tertiary/aromatic N) is 3.